The van der Waals surface area contributed by atoms with Gasteiger partial charge in [-0.05, 0) is 91.8 Å². The van der Waals surface area contributed by atoms with Gasteiger partial charge in [-0.3, -0.25) is 0 Å². The fourth-order valence-electron chi connectivity index (χ4n) is 5.86. The molecule has 0 aliphatic heterocycles. The molecule has 35 heavy (non-hydrogen) atoms. The van der Waals surface area contributed by atoms with Crippen LogP contribution in [0, 0.1) is 0 Å². The molecule has 0 nitrogen and oxygen atoms in total. The van der Waals surface area contributed by atoms with Gasteiger partial charge in [0.25, 0.3) is 0 Å². The van der Waals surface area contributed by atoms with E-state index >= 15 is 0 Å². The predicted molar refractivity (Wildman–Crippen MR) is 163 cm³/mol. The number of benzene rings is 2. The van der Waals surface area contributed by atoms with Crippen LogP contribution in [0.3, 0.4) is 0 Å². The van der Waals surface area contributed by atoms with E-state index in [9.17, 15) is 0 Å². The Bertz CT molecular complexity index is 898. The van der Waals surface area contributed by atoms with Gasteiger partial charge in [-0.15, -0.1) is 0 Å². The van der Waals surface area contributed by atoms with Crippen LogP contribution in [0.25, 0.3) is 11.1 Å². The third kappa shape index (κ3) is 8.46. The Morgan fingerprint density at radius 1 is 0.571 bits per heavy atom. The highest BCUT2D eigenvalue weighted by molar-refractivity contribution is 9.13. The van der Waals surface area contributed by atoms with E-state index in [0.29, 0.717) is 0 Å². The lowest BCUT2D eigenvalue weighted by atomic mass is 9.89. The molecule has 194 valence electrons. The van der Waals surface area contributed by atoms with Gasteiger partial charge in [-0.1, -0.05) is 128 Å². The summed E-state index contributed by atoms with van der Waals surface area (Å²) >= 11 is 8.08. The number of fused-ring (bicyclic) bond motifs is 3. The van der Waals surface area contributed by atoms with Crippen LogP contribution in [0.15, 0.2) is 33.2 Å². The lowest BCUT2D eigenvalue weighted by molar-refractivity contribution is 0.570. The number of halogens is 2. The maximum absolute atomic E-state index is 4.06. The standard InChI is InChI=1S/C33H48Br2/c1-3-5-7-9-11-13-15-17-23-28-29(24-18-16-14-12-10-8-6-4-2)32(34)33(35)31-27-22-20-19-21-26(27)25-30(28)31/h19-22H,3-18,23-25H2,1-2H3. The first-order valence-corrected chi connectivity index (χ1v) is 16.4. The van der Waals surface area contributed by atoms with Crippen molar-refractivity contribution in [2.75, 3.05) is 0 Å². The van der Waals surface area contributed by atoms with Gasteiger partial charge in [-0.25, -0.2) is 0 Å². The van der Waals surface area contributed by atoms with Gasteiger partial charge in [0.2, 0.25) is 0 Å². The molecule has 0 heterocycles. The second kappa shape index (κ2) is 16.3. The summed E-state index contributed by atoms with van der Waals surface area (Å²) in [5.41, 5.74) is 9.26. The van der Waals surface area contributed by atoms with Crippen LogP contribution in [0.4, 0.5) is 0 Å². The zero-order valence-electron chi connectivity index (χ0n) is 22.5. The minimum atomic E-state index is 1.11. The minimum Gasteiger partial charge on any atom is -0.0654 e. The van der Waals surface area contributed by atoms with Crippen LogP contribution >= 0.6 is 31.9 Å². The summed E-state index contributed by atoms with van der Waals surface area (Å²) in [5.74, 6) is 0. The molecular formula is C33H48Br2. The normalized spacial score (nSPS) is 12.2. The quantitative estimate of drug-likeness (QED) is 0.127. The molecule has 0 unspecified atom stereocenters. The highest BCUT2D eigenvalue weighted by atomic mass is 79.9. The average molecular weight is 605 g/mol. The fraction of sp³-hybridized carbons (Fsp3) is 0.636. The van der Waals surface area contributed by atoms with Crippen LogP contribution in [0.5, 0.6) is 0 Å². The molecule has 2 heteroatoms. The van der Waals surface area contributed by atoms with E-state index in [2.05, 4.69) is 70.0 Å². The molecule has 0 spiro atoms. The van der Waals surface area contributed by atoms with Crippen molar-refractivity contribution in [2.45, 2.75) is 136 Å². The molecule has 3 rings (SSSR count). The number of hydrogen-bond donors (Lipinski definition) is 0. The smallest absolute Gasteiger partial charge is 0.0401 e. The highest BCUT2D eigenvalue weighted by Gasteiger charge is 2.27. The second-order valence-electron chi connectivity index (χ2n) is 10.7. The molecular weight excluding hydrogens is 556 g/mol. The van der Waals surface area contributed by atoms with Crippen molar-refractivity contribution in [1.29, 1.82) is 0 Å². The Labute approximate surface area is 233 Å². The summed E-state index contributed by atoms with van der Waals surface area (Å²) in [6, 6.07) is 9.04. The Hall–Kier alpha value is -0.600. The summed E-state index contributed by atoms with van der Waals surface area (Å²) in [5, 5.41) is 0. The van der Waals surface area contributed by atoms with E-state index in [1.807, 2.05) is 0 Å². The zero-order valence-corrected chi connectivity index (χ0v) is 25.7. The fourth-order valence-corrected chi connectivity index (χ4v) is 7.19. The van der Waals surface area contributed by atoms with Crippen LogP contribution in [0.1, 0.15) is 139 Å². The first kappa shape index (κ1) is 29.0. The van der Waals surface area contributed by atoms with Crippen molar-refractivity contribution in [3.05, 3.63) is 55.5 Å². The van der Waals surface area contributed by atoms with Crippen molar-refractivity contribution in [3.8, 4) is 11.1 Å². The van der Waals surface area contributed by atoms with Crippen LogP contribution in [-0.4, -0.2) is 0 Å². The van der Waals surface area contributed by atoms with E-state index in [1.54, 1.807) is 16.7 Å². The zero-order chi connectivity index (χ0) is 24.9. The molecule has 0 amide bonds. The molecule has 0 N–H and O–H groups in total. The first-order chi connectivity index (χ1) is 17.2. The molecule has 1 aliphatic carbocycles. The molecule has 0 atom stereocenters. The summed E-state index contributed by atoms with van der Waals surface area (Å²) < 4.78 is 2.61. The first-order valence-electron chi connectivity index (χ1n) is 14.8. The molecule has 0 radical (unpaired) electrons. The molecule has 0 aromatic heterocycles. The largest absolute Gasteiger partial charge is 0.0654 e. The Morgan fingerprint density at radius 3 is 1.63 bits per heavy atom. The Kier molecular flexibility index (Phi) is 13.5. The predicted octanol–water partition coefficient (Wildman–Crippen LogP) is 12.1. The van der Waals surface area contributed by atoms with E-state index in [-0.39, 0.29) is 0 Å². The van der Waals surface area contributed by atoms with Gasteiger partial charge in [-0.2, -0.15) is 0 Å². The van der Waals surface area contributed by atoms with Gasteiger partial charge in [0.1, 0.15) is 0 Å². The van der Waals surface area contributed by atoms with Crippen LogP contribution in [-0.2, 0) is 19.3 Å². The molecule has 0 saturated heterocycles. The van der Waals surface area contributed by atoms with Crippen molar-refractivity contribution in [1.82, 2.24) is 0 Å². The van der Waals surface area contributed by atoms with Crippen molar-refractivity contribution < 1.29 is 0 Å². The second-order valence-corrected chi connectivity index (χ2v) is 12.3. The summed E-state index contributed by atoms with van der Waals surface area (Å²) in [6.07, 6.45) is 25.7. The van der Waals surface area contributed by atoms with E-state index in [4.69, 9.17) is 0 Å². The van der Waals surface area contributed by atoms with Gasteiger partial charge in [0.15, 0.2) is 0 Å². The van der Waals surface area contributed by atoms with E-state index < -0.39 is 0 Å². The van der Waals surface area contributed by atoms with Crippen molar-refractivity contribution in [2.24, 2.45) is 0 Å². The molecule has 2 aromatic carbocycles. The average Bonchev–Trinajstić information content (AvgIpc) is 3.26. The summed E-state index contributed by atoms with van der Waals surface area (Å²) in [4.78, 5) is 0. The van der Waals surface area contributed by atoms with Crippen LogP contribution < -0.4 is 0 Å². The maximum Gasteiger partial charge on any atom is 0.0401 e. The lowest BCUT2D eigenvalue weighted by Crippen LogP contribution is -2.04. The molecule has 2 aromatic rings. The molecule has 0 bridgehead atoms. The third-order valence-electron chi connectivity index (χ3n) is 7.92. The van der Waals surface area contributed by atoms with Gasteiger partial charge < -0.3 is 0 Å². The summed E-state index contributed by atoms with van der Waals surface area (Å²) in [7, 11) is 0. The lowest BCUT2D eigenvalue weighted by Gasteiger charge is -2.20. The van der Waals surface area contributed by atoms with Crippen LogP contribution in [0.2, 0.25) is 0 Å². The van der Waals surface area contributed by atoms with Gasteiger partial charge in [0.05, 0.1) is 0 Å². The monoisotopic (exact) mass is 602 g/mol. The SMILES string of the molecule is CCCCCCCCCCc1c(Br)c(Br)c2c(c1CCCCCCCCCC)Cc1ccccc1-2. The molecule has 0 fully saturated rings. The number of rotatable bonds is 18. The molecule has 1 aliphatic rings. The van der Waals surface area contributed by atoms with Gasteiger partial charge >= 0.3 is 0 Å². The van der Waals surface area contributed by atoms with Gasteiger partial charge in [0, 0.05) is 14.5 Å². The number of unbranched alkanes of at least 4 members (excludes halogenated alkanes) is 14. The Morgan fingerprint density at radius 2 is 1.06 bits per heavy atom. The highest BCUT2D eigenvalue weighted by Crippen LogP contribution is 2.48. The van der Waals surface area contributed by atoms with E-state index in [1.165, 1.54) is 141 Å². The Balaban J connectivity index is 1.65. The minimum absolute atomic E-state index is 1.11. The third-order valence-corrected chi connectivity index (χ3v) is 10.1. The maximum atomic E-state index is 4.06. The van der Waals surface area contributed by atoms with Crippen molar-refractivity contribution >= 4 is 31.9 Å². The summed E-state index contributed by atoms with van der Waals surface area (Å²) in [6.45, 7) is 4.61. The topological polar surface area (TPSA) is 0 Å². The number of hydrogen-bond acceptors (Lipinski definition) is 0. The van der Waals surface area contributed by atoms with E-state index in [0.717, 1.165) is 6.42 Å². The molecule has 0 saturated carbocycles. The van der Waals surface area contributed by atoms with Crippen molar-refractivity contribution in [3.63, 3.8) is 0 Å².